The van der Waals surface area contributed by atoms with Crippen molar-refractivity contribution in [2.75, 3.05) is 13.2 Å². The molecule has 9 heteroatoms. The van der Waals surface area contributed by atoms with Crippen molar-refractivity contribution in [3.63, 3.8) is 0 Å². The molecule has 2 aromatic carbocycles. The number of hydrogen-bond donors (Lipinski definition) is 0. The zero-order valence-electron chi connectivity index (χ0n) is 16.8. The molecule has 0 saturated heterocycles. The first-order chi connectivity index (χ1) is 13.8. The third-order valence-corrected chi connectivity index (χ3v) is 5.58. The summed E-state index contributed by atoms with van der Waals surface area (Å²) in [5, 5.41) is 1.35. The zero-order valence-corrected chi connectivity index (χ0v) is 19.3. The number of hydrogen-bond acceptors (Lipinski definition) is 5. The van der Waals surface area contributed by atoms with Crippen molar-refractivity contribution in [1.29, 1.82) is 0 Å². The van der Waals surface area contributed by atoms with E-state index < -0.39 is 12.6 Å². The maximum absolute atomic E-state index is 12.9. The molecule has 0 spiro atoms. The topological polar surface area (TPSA) is 54.0 Å². The molecule has 0 aliphatic heterocycles. The van der Waals surface area contributed by atoms with E-state index in [-0.39, 0.29) is 33.0 Å². The normalized spacial score (nSPS) is 13.0. The second-order valence-electron chi connectivity index (χ2n) is 5.99. The van der Waals surface area contributed by atoms with Crippen molar-refractivity contribution >= 4 is 61.5 Å². The molecule has 0 fully saturated rings. The molecule has 3 unspecified atom stereocenters. The Balaban J connectivity index is 0.00000450. The van der Waals surface area contributed by atoms with Crippen LogP contribution >= 0.6 is 31.8 Å². The van der Waals surface area contributed by atoms with Crippen molar-refractivity contribution in [2.24, 2.45) is 0 Å². The number of benzene rings is 2. The molecule has 0 aromatic heterocycles. The first kappa shape index (κ1) is 27.3. The maximum atomic E-state index is 12.9. The Morgan fingerprint density at radius 1 is 0.967 bits per heavy atom. The second kappa shape index (κ2) is 13.6. The van der Waals surface area contributed by atoms with E-state index in [2.05, 4.69) is 0 Å². The fourth-order valence-electron chi connectivity index (χ4n) is 2.58. The van der Waals surface area contributed by atoms with E-state index in [9.17, 15) is 4.79 Å². The van der Waals surface area contributed by atoms with Crippen molar-refractivity contribution in [1.82, 2.24) is 0 Å². The number of carbonyl (C=O) groups excluding carboxylic acids is 1. The summed E-state index contributed by atoms with van der Waals surface area (Å²) in [6.45, 7) is 8.43. The molecular formula is C21H26Cl2LiO5P. The number of rotatable bonds is 11. The van der Waals surface area contributed by atoms with Gasteiger partial charge in [-0.15, -0.1) is 0 Å². The third kappa shape index (κ3) is 8.06. The van der Waals surface area contributed by atoms with Crippen LogP contribution in [0.4, 0.5) is 0 Å². The van der Waals surface area contributed by atoms with Crippen LogP contribution in [-0.2, 0) is 9.47 Å². The molecule has 5 nitrogen and oxygen atoms in total. The van der Waals surface area contributed by atoms with E-state index in [1.54, 1.807) is 43.3 Å². The van der Waals surface area contributed by atoms with Gasteiger partial charge in [-0.3, -0.25) is 4.79 Å². The summed E-state index contributed by atoms with van der Waals surface area (Å²) < 4.78 is 22.6. The summed E-state index contributed by atoms with van der Waals surface area (Å²) in [4.78, 5) is 12.9. The number of carbonyl (C=O) groups is 1. The van der Waals surface area contributed by atoms with Gasteiger partial charge >= 0.3 is 18.9 Å². The first-order valence-electron chi connectivity index (χ1n) is 9.31. The SMILES string of the molecule is CCOC(C)Oc1ccc(PC(=O)c2c(Cl)cccc2Cl)c(OC(C)OCC)c1.[LiH]. The quantitative estimate of drug-likeness (QED) is 0.264. The van der Waals surface area contributed by atoms with Crippen LogP contribution in [0.25, 0.3) is 0 Å². The summed E-state index contributed by atoms with van der Waals surface area (Å²) in [6.07, 6.45) is -0.892. The van der Waals surface area contributed by atoms with E-state index in [0.717, 1.165) is 0 Å². The monoisotopic (exact) mass is 466 g/mol. The fraction of sp³-hybridized carbons (Fsp3) is 0.381. The Hall–Kier alpha value is -0.763. The molecule has 0 bridgehead atoms. The minimum absolute atomic E-state index is 0. The van der Waals surface area contributed by atoms with Gasteiger partial charge in [0.25, 0.3) is 0 Å². The minimum atomic E-state index is -0.484. The average Bonchev–Trinajstić information content (AvgIpc) is 2.64. The molecule has 0 saturated carbocycles. The standard InChI is InChI=1S/C21H25Cl2O5P.Li.H/c1-5-25-13(3)27-15-10-11-19(18(12-15)28-14(4)26-6-2)29-21(24)20-16(22)8-7-9-17(20)23;;/h7-14,29H,5-6H2,1-4H3;;. The first-order valence-corrected chi connectivity index (χ1v) is 11.1. The van der Waals surface area contributed by atoms with Gasteiger partial charge in [0.15, 0.2) is 18.1 Å². The van der Waals surface area contributed by atoms with Crippen molar-refractivity contribution in [2.45, 2.75) is 40.3 Å². The van der Waals surface area contributed by atoms with Crippen LogP contribution < -0.4 is 14.8 Å². The molecule has 0 aliphatic rings. The molecule has 0 radical (unpaired) electrons. The molecular weight excluding hydrogens is 441 g/mol. The fourth-order valence-corrected chi connectivity index (χ4v) is 4.37. The molecule has 30 heavy (non-hydrogen) atoms. The van der Waals surface area contributed by atoms with E-state index >= 15 is 0 Å². The van der Waals surface area contributed by atoms with Crippen molar-refractivity contribution < 1.29 is 23.7 Å². The van der Waals surface area contributed by atoms with Gasteiger partial charge in [-0.25, -0.2) is 0 Å². The summed E-state index contributed by atoms with van der Waals surface area (Å²) in [5.74, 6) is 1.07. The predicted octanol–water partition coefficient (Wildman–Crippen LogP) is 5.01. The van der Waals surface area contributed by atoms with E-state index in [0.29, 0.717) is 45.6 Å². The van der Waals surface area contributed by atoms with Crippen LogP contribution in [0.5, 0.6) is 11.5 Å². The molecule has 160 valence electrons. The van der Waals surface area contributed by atoms with Crippen LogP contribution in [0.2, 0.25) is 10.0 Å². The van der Waals surface area contributed by atoms with E-state index in [1.807, 2.05) is 20.8 Å². The van der Waals surface area contributed by atoms with E-state index in [1.165, 1.54) is 0 Å². The second-order valence-corrected chi connectivity index (χ2v) is 8.05. The van der Waals surface area contributed by atoms with Crippen molar-refractivity contribution in [3.8, 4) is 11.5 Å². The van der Waals surface area contributed by atoms with Gasteiger partial charge in [-0.2, -0.15) is 0 Å². The number of halogens is 2. The van der Waals surface area contributed by atoms with Crippen LogP contribution in [0, 0.1) is 0 Å². The molecule has 2 aromatic rings. The van der Waals surface area contributed by atoms with E-state index in [4.69, 9.17) is 42.1 Å². The summed E-state index contributed by atoms with van der Waals surface area (Å²) in [6, 6.07) is 10.3. The van der Waals surface area contributed by atoms with Gasteiger partial charge in [0.05, 0.1) is 15.6 Å². The summed E-state index contributed by atoms with van der Waals surface area (Å²) in [7, 11) is -0.234. The Bertz CT molecular complexity index is 817. The van der Waals surface area contributed by atoms with Gasteiger partial charge < -0.3 is 18.9 Å². The molecule has 0 heterocycles. The summed E-state index contributed by atoms with van der Waals surface area (Å²) in [5.41, 5.74) is 0.133. The Morgan fingerprint density at radius 3 is 2.10 bits per heavy atom. The molecule has 2 rings (SSSR count). The van der Waals surface area contributed by atoms with Gasteiger partial charge in [-0.1, -0.05) is 29.3 Å². The van der Waals surface area contributed by atoms with Crippen LogP contribution in [-0.4, -0.2) is 50.2 Å². The van der Waals surface area contributed by atoms with Gasteiger partial charge in [-0.05, 0) is 60.5 Å². The zero-order chi connectivity index (χ0) is 21.4. The number of ether oxygens (including phenoxy) is 4. The van der Waals surface area contributed by atoms with Crippen LogP contribution in [0.3, 0.4) is 0 Å². The van der Waals surface area contributed by atoms with Crippen LogP contribution in [0.1, 0.15) is 38.1 Å². The third-order valence-electron chi connectivity index (χ3n) is 3.79. The molecule has 0 amide bonds. The molecule has 3 atom stereocenters. The van der Waals surface area contributed by atoms with Gasteiger partial charge in [0, 0.05) is 24.6 Å². The molecule has 0 N–H and O–H groups in total. The Kier molecular flexibility index (Phi) is 12.4. The predicted molar refractivity (Wildman–Crippen MR) is 126 cm³/mol. The van der Waals surface area contributed by atoms with Gasteiger partial charge in [0.1, 0.15) is 11.5 Å². The van der Waals surface area contributed by atoms with Crippen molar-refractivity contribution in [3.05, 3.63) is 52.0 Å². The Labute approximate surface area is 201 Å². The van der Waals surface area contributed by atoms with Crippen LogP contribution in [0.15, 0.2) is 36.4 Å². The Morgan fingerprint density at radius 2 is 1.53 bits per heavy atom. The average molecular weight is 467 g/mol. The summed E-state index contributed by atoms with van der Waals surface area (Å²) >= 11 is 12.4. The molecule has 0 aliphatic carbocycles. The van der Waals surface area contributed by atoms with Gasteiger partial charge in [0.2, 0.25) is 0 Å².